The average Bonchev–Trinajstić information content (AvgIpc) is 2.52. The summed E-state index contributed by atoms with van der Waals surface area (Å²) in [5, 5.41) is 0. The van der Waals surface area contributed by atoms with Gasteiger partial charge in [0.25, 0.3) is 0 Å². The molecule has 0 saturated carbocycles. The van der Waals surface area contributed by atoms with Crippen LogP contribution in [0.1, 0.15) is 43.7 Å². The molecule has 0 atom stereocenters. The van der Waals surface area contributed by atoms with Crippen LogP contribution in [0.25, 0.3) is 0 Å². The molecule has 1 aliphatic heterocycles. The van der Waals surface area contributed by atoms with Gasteiger partial charge in [-0.05, 0) is 43.4 Å². The molecule has 0 radical (unpaired) electrons. The van der Waals surface area contributed by atoms with Crippen LogP contribution >= 0.6 is 0 Å². The Morgan fingerprint density at radius 2 is 1.91 bits per heavy atom. The molecule has 1 aliphatic rings. The van der Waals surface area contributed by atoms with Gasteiger partial charge in [-0.15, -0.1) is 0 Å². The fourth-order valence-electron chi connectivity index (χ4n) is 2.84. The van der Waals surface area contributed by atoms with E-state index in [1.54, 1.807) is 0 Å². The van der Waals surface area contributed by atoms with Crippen LogP contribution in [0.15, 0.2) is 24.3 Å². The highest BCUT2D eigenvalue weighted by molar-refractivity contribution is 7.89. The number of hydrogen-bond donors (Lipinski definition) is 1. The first-order valence-corrected chi connectivity index (χ1v) is 10.0. The number of nitrogens with one attached hydrogen (secondary N) is 1. The molecule has 0 aliphatic carbocycles. The first-order chi connectivity index (χ1) is 10.6. The van der Waals surface area contributed by atoms with E-state index in [9.17, 15) is 8.42 Å². The second-order valence-corrected chi connectivity index (χ2v) is 8.00. The molecular formula is C17H28N2O2S. The molecule has 22 heavy (non-hydrogen) atoms. The number of fused-ring (bicyclic) bond motifs is 1. The van der Waals surface area contributed by atoms with Crippen molar-refractivity contribution >= 4 is 10.0 Å². The lowest BCUT2D eigenvalue weighted by atomic mass is 10.00. The van der Waals surface area contributed by atoms with Crippen LogP contribution in [0.5, 0.6) is 0 Å². The fourth-order valence-corrected chi connectivity index (χ4v) is 4.11. The quantitative estimate of drug-likeness (QED) is 0.710. The zero-order chi connectivity index (χ0) is 15.8. The summed E-state index contributed by atoms with van der Waals surface area (Å²) in [5.41, 5.74) is 2.91. The maximum Gasteiger partial charge on any atom is 0.211 e. The van der Waals surface area contributed by atoms with E-state index >= 15 is 0 Å². The summed E-state index contributed by atoms with van der Waals surface area (Å²) in [5.74, 6) is 0.256. The first kappa shape index (κ1) is 17.4. The van der Waals surface area contributed by atoms with Gasteiger partial charge in [0.15, 0.2) is 0 Å². The molecule has 1 aromatic carbocycles. The van der Waals surface area contributed by atoms with E-state index in [0.717, 1.165) is 51.7 Å². The molecule has 0 unspecified atom stereocenters. The summed E-state index contributed by atoms with van der Waals surface area (Å²) in [7, 11) is -3.05. The highest BCUT2D eigenvalue weighted by atomic mass is 32.2. The second-order valence-electron chi connectivity index (χ2n) is 6.07. The number of hydrogen-bond acceptors (Lipinski definition) is 3. The lowest BCUT2D eigenvalue weighted by molar-refractivity contribution is 0.249. The molecule has 0 spiro atoms. The fraction of sp³-hybridized carbons (Fsp3) is 0.647. The van der Waals surface area contributed by atoms with E-state index in [0.29, 0.717) is 6.54 Å². The lowest BCUT2D eigenvalue weighted by Gasteiger charge is -2.28. The van der Waals surface area contributed by atoms with Crippen LogP contribution in [0.3, 0.4) is 0 Å². The second kappa shape index (κ2) is 8.65. The van der Waals surface area contributed by atoms with Gasteiger partial charge >= 0.3 is 0 Å². The van der Waals surface area contributed by atoms with Crippen molar-refractivity contribution < 1.29 is 8.42 Å². The Hall–Kier alpha value is -0.910. The van der Waals surface area contributed by atoms with Crippen LogP contribution in [-0.2, 0) is 23.0 Å². The Bertz CT molecular complexity index is 558. The topological polar surface area (TPSA) is 49.4 Å². The third-order valence-electron chi connectivity index (χ3n) is 4.20. The summed E-state index contributed by atoms with van der Waals surface area (Å²) in [6, 6.07) is 8.65. The molecule has 0 aromatic heterocycles. The van der Waals surface area contributed by atoms with Gasteiger partial charge in [0.05, 0.1) is 5.75 Å². The Kier molecular flexibility index (Phi) is 6.86. The standard InChI is InChI=1S/C17H28N2O2S/c1-2-3-14-22(20,21)18-11-6-7-12-19-13-10-16-8-4-5-9-17(16)15-19/h4-5,8-9,18H,2-3,6-7,10-15H2,1H3. The van der Waals surface area contributed by atoms with Crippen molar-refractivity contribution in [2.75, 3.05) is 25.4 Å². The van der Waals surface area contributed by atoms with Crippen molar-refractivity contribution in [3.05, 3.63) is 35.4 Å². The highest BCUT2D eigenvalue weighted by Crippen LogP contribution is 2.18. The van der Waals surface area contributed by atoms with Gasteiger partial charge in [-0.1, -0.05) is 37.6 Å². The Balaban J connectivity index is 1.62. The number of benzene rings is 1. The zero-order valence-corrected chi connectivity index (χ0v) is 14.4. The van der Waals surface area contributed by atoms with E-state index < -0.39 is 10.0 Å². The van der Waals surface area contributed by atoms with Gasteiger partial charge in [0.2, 0.25) is 10.0 Å². The minimum atomic E-state index is -3.05. The minimum Gasteiger partial charge on any atom is -0.299 e. The summed E-state index contributed by atoms with van der Waals surface area (Å²) in [4.78, 5) is 2.47. The molecular weight excluding hydrogens is 296 g/mol. The molecule has 0 bridgehead atoms. The third kappa shape index (κ3) is 5.71. The maximum absolute atomic E-state index is 11.7. The smallest absolute Gasteiger partial charge is 0.211 e. The molecule has 124 valence electrons. The van der Waals surface area contributed by atoms with Crippen LogP contribution in [0, 0.1) is 0 Å². The van der Waals surface area contributed by atoms with Gasteiger partial charge in [-0.3, -0.25) is 4.90 Å². The highest BCUT2D eigenvalue weighted by Gasteiger charge is 2.15. The number of sulfonamides is 1. The van der Waals surface area contributed by atoms with Crippen LogP contribution < -0.4 is 4.72 Å². The van der Waals surface area contributed by atoms with Crippen molar-refractivity contribution in [3.8, 4) is 0 Å². The summed E-state index contributed by atoms with van der Waals surface area (Å²) < 4.78 is 26.0. The molecule has 0 saturated heterocycles. The van der Waals surface area contributed by atoms with Gasteiger partial charge in [-0.25, -0.2) is 13.1 Å². The summed E-state index contributed by atoms with van der Waals surface area (Å²) in [6.07, 6.45) is 4.72. The lowest BCUT2D eigenvalue weighted by Crippen LogP contribution is -2.32. The first-order valence-electron chi connectivity index (χ1n) is 8.37. The molecule has 1 heterocycles. The van der Waals surface area contributed by atoms with Crippen LogP contribution in [-0.4, -0.2) is 38.7 Å². The van der Waals surface area contributed by atoms with Crippen molar-refractivity contribution in [2.45, 2.75) is 45.6 Å². The number of rotatable bonds is 9. The van der Waals surface area contributed by atoms with E-state index in [-0.39, 0.29) is 5.75 Å². The maximum atomic E-state index is 11.7. The van der Waals surface area contributed by atoms with E-state index in [2.05, 4.69) is 33.9 Å². The van der Waals surface area contributed by atoms with Crippen molar-refractivity contribution in [2.24, 2.45) is 0 Å². The van der Waals surface area contributed by atoms with Crippen molar-refractivity contribution in [1.82, 2.24) is 9.62 Å². The van der Waals surface area contributed by atoms with Gasteiger partial charge in [0.1, 0.15) is 0 Å². The van der Waals surface area contributed by atoms with Crippen molar-refractivity contribution in [1.29, 1.82) is 0 Å². The van der Waals surface area contributed by atoms with Crippen molar-refractivity contribution in [3.63, 3.8) is 0 Å². The zero-order valence-electron chi connectivity index (χ0n) is 13.6. The third-order valence-corrected chi connectivity index (χ3v) is 5.67. The monoisotopic (exact) mass is 324 g/mol. The Labute approximate surface area is 135 Å². The van der Waals surface area contributed by atoms with E-state index in [1.807, 2.05) is 6.92 Å². The van der Waals surface area contributed by atoms with Crippen LogP contribution in [0.4, 0.5) is 0 Å². The molecule has 0 amide bonds. The molecule has 4 nitrogen and oxygen atoms in total. The van der Waals surface area contributed by atoms with Crippen LogP contribution in [0.2, 0.25) is 0 Å². The number of nitrogens with zero attached hydrogens (tertiary/aromatic N) is 1. The Morgan fingerprint density at radius 3 is 2.68 bits per heavy atom. The molecule has 0 fully saturated rings. The minimum absolute atomic E-state index is 0.256. The number of unbranched alkanes of at least 4 members (excludes halogenated alkanes) is 2. The molecule has 2 rings (SSSR count). The SMILES string of the molecule is CCCCS(=O)(=O)NCCCCN1CCc2ccccc2C1. The van der Waals surface area contributed by atoms with E-state index in [4.69, 9.17) is 0 Å². The van der Waals surface area contributed by atoms with Gasteiger partial charge in [-0.2, -0.15) is 0 Å². The van der Waals surface area contributed by atoms with E-state index in [1.165, 1.54) is 11.1 Å². The largest absolute Gasteiger partial charge is 0.299 e. The summed E-state index contributed by atoms with van der Waals surface area (Å²) >= 11 is 0. The Morgan fingerprint density at radius 1 is 1.14 bits per heavy atom. The van der Waals surface area contributed by atoms with Gasteiger partial charge in [0, 0.05) is 19.6 Å². The average molecular weight is 324 g/mol. The molecule has 1 aromatic rings. The normalized spacial score (nSPS) is 15.7. The molecule has 1 N–H and O–H groups in total. The predicted octanol–water partition coefficient (Wildman–Crippen LogP) is 2.54. The summed E-state index contributed by atoms with van der Waals surface area (Å²) in [6.45, 7) is 5.76. The predicted molar refractivity (Wildman–Crippen MR) is 91.4 cm³/mol. The van der Waals surface area contributed by atoms with Gasteiger partial charge < -0.3 is 0 Å². The molecule has 5 heteroatoms.